The molecule has 12 rings (SSSR count). The van der Waals surface area contributed by atoms with Crippen LogP contribution in [0, 0.1) is 0 Å². The summed E-state index contributed by atoms with van der Waals surface area (Å²) in [5.41, 5.74) is 18.9. The third-order valence-corrected chi connectivity index (χ3v) is 13.7. The van der Waals surface area contributed by atoms with E-state index in [0.29, 0.717) is 5.82 Å². The van der Waals surface area contributed by atoms with Crippen LogP contribution >= 0.6 is 0 Å². The molecule has 0 radical (unpaired) electrons. The zero-order chi connectivity index (χ0) is 40.9. The molecule has 0 N–H and O–H groups in total. The van der Waals surface area contributed by atoms with Crippen LogP contribution in [-0.4, -0.2) is 9.97 Å². The summed E-state index contributed by atoms with van der Waals surface area (Å²) in [5, 5.41) is 4.94. The Kier molecular flexibility index (Phi) is 7.74. The molecule has 1 atom stereocenters. The summed E-state index contributed by atoms with van der Waals surface area (Å²) >= 11 is 0. The molecule has 2 aliphatic rings. The van der Waals surface area contributed by atoms with E-state index in [9.17, 15) is 0 Å². The quantitative estimate of drug-likeness (QED) is 0.174. The van der Waals surface area contributed by atoms with Gasteiger partial charge in [0, 0.05) is 27.5 Å². The average molecular weight is 779 g/mol. The third-order valence-electron chi connectivity index (χ3n) is 13.7. The van der Waals surface area contributed by atoms with Crippen molar-refractivity contribution in [2.24, 2.45) is 0 Å². The zero-order valence-corrected chi connectivity index (χ0v) is 34.4. The fourth-order valence-corrected chi connectivity index (χ4v) is 10.7. The van der Waals surface area contributed by atoms with E-state index in [1.165, 1.54) is 82.7 Å². The fraction of sp³-hybridized carbons (Fsp3) is 0.0847. The van der Waals surface area contributed by atoms with Gasteiger partial charge in [-0.3, -0.25) is 0 Å². The highest BCUT2D eigenvalue weighted by atomic mass is 14.9. The van der Waals surface area contributed by atoms with E-state index in [0.717, 1.165) is 28.1 Å². The van der Waals surface area contributed by atoms with Gasteiger partial charge in [-0.15, -0.1) is 0 Å². The van der Waals surface area contributed by atoms with E-state index in [-0.39, 0.29) is 10.8 Å². The van der Waals surface area contributed by atoms with E-state index in [4.69, 9.17) is 9.97 Å². The molecule has 288 valence electrons. The average Bonchev–Trinajstić information content (AvgIpc) is 3.71. The van der Waals surface area contributed by atoms with Crippen LogP contribution in [0.1, 0.15) is 48.6 Å². The Hall–Kier alpha value is -7.42. The number of fused-ring (bicyclic) bond motifs is 8. The van der Waals surface area contributed by atoms with Gasteiger partial charge in [-0.2, -0.15) is 0 Å². The van der Waals surface area contributed by atoms with Gasteiger partial charge in [0.25, 0.3) is 0 Å². The molecule has 2 aliphatic carbocycles. The van der Waals surface area contributed by atoms with Crippen molar-refractivity contribution >= 4 is 21.5 Å². The molecule has 1 heterocycles. The van der Waals surface area contributed by atoms with Crippen LogP contribution in [0.4, 0.5) is 0 Å². The molecule has 0 aliphatic heterocycles. The molecule has 0 saturated heterocycles. The molecule has 0 bridgehead atoms. The van der Waals surface area contributed by atoms with Crippen LogP contribution in [-0.2, 0) is 10.8 Å². The molecule has 1 aromatic heterocycles. The van der Waals surface area contributed by atoms with Crippen LogP contribution < -0.4 is 0 Å². The number of nitrogens with zero attached hydrogens (tertiary/aromatic N) is 2. The Balaban J connectivity index is 1.04. The van der Waals surface area contributed by atoms with Gasteiger partial charge >= 0.3 is 0 Å². The predicted octanol–water partition coefficient (Wildman–Crippen LogP) is 15.1. The minimum atomic E-state index is -0.311. The SMILES string of the molecule is CC1(C)c2cc3ccccc3cc2-c2cccc(-c3ccc(-c4cc(-c5ccc6c(c5)C(C)(c5ccccc5)c5ccccc5-6)nc(-c5ccccc5)n4)c4ccccc34)c21. The first-order valence-corrected chi connectivity index (χ1v) is 21.3. The van der Waals surface area contributed by atoms with Gasteiger partial charge in [0.05, 0.1) is 11.4 Å². The summed E-state index contributed by atoms with van der Waals surface area (Å²) < 4.78 is 0. The van der Waals surface area contributed by atoms with Crippen molar-refractivity contribution in [3.05, 3.63) is 228 Å². The Morgan fingerprint density at radius 2 is 0.918 bits per heavy atom. The molecule has 2 heteroatoms. The number of rotatable bonds is 5. The van der Waals surface area contributed by atoms with Crippen LogP contribution in [0.15, 0.2) is 200 Å². The summed E-state index contributed by atoms with van der Waals surface area (Å²) in [6.45, 7) is 7.15. The molecular formula is C59H42N2. The van der Waals surface area contributed by atoms with Crippen LogP contribution in [0.2, 0.25) is 0 Å². The predicted molar refractivity (Wildman–Crippen MR) is 254 cm³/mol. The molecule has 9 aromatic carbocycles. The maximum Gasteiger partial charge on any atom is 0.160 e. The molecule has 0 fully saturated rings. The normalized spacial score (nSPS) is 15.7. The van der Waals surface area contributed by atoms with Crippen molar-refractivity contribution in [1.29, 1.82) is 0 Å². The minimum Gasteiger partial charge on any atom is -0.228 e. The standard InChI is InChI=1S/C59H42N2/c1-58(2)52-34-39-20-11-10-19-38(39)33-50(52)49-27-16-26-48(56(49)58)44-31-32-47(43-24-13-12-23-42(43)44)55-36-54(60-57(61-55)37-17-6-4-7-18-37)40-29-30-46-45-25-14-15-28-51(45)59(3,53(46)35-40)41-21-8-5-9-22-41/h4-36H,1-3H3. The molecule has 0 saturated carbocycles. The Morgan fingerprint density at radius 1 is 0.344 bits per heavy atom. The number of aromatic nitrogens is 2. The summed E-state index contributed by atoms with van der Waals surface area (Å²) in [4.78, 5) is 10.7. The fourth-order valence-electron chi connectivity index (χ4n) is 10.7. The van der Waals surface area contributed by atoms with Crippen molar-refractivity contribution < 1.29 is 0 Å². The van der Waals surface area contributed by atoms with Crippen molar-refractivity contribution in [2.75, 3.05) is 0 Å². The lowest BCUT2D eigenvalue weighted by atomic mass is 9.74. The van der Waals surface area contributed by atoms with Crippen molar-refractivity contribution in [2.45, 2.75) is 31.6 Å². The highest BCUT2D eigenvalue weighted by molar-refractivity contribution is 6.07. The number of hydrogen-bond acceptors (Lipinski definition) is 2. The maximum absolute atomic E-state index is 5.36. The summed E-state index contributed by atoms with van der Waals surface area (Å²) in [6, 6.07) is 73.1. The first kappa shape index (κ1) is 35.5. The highest BCUT2D eigenvalue weighted by Crippen LogP contribution is 2.55. The van der Waals surface area contributed by atoms with E-state index < -0.39 is 0 Å². The van der Waals surface area contributed by atoms with Gasteiger partial charge in [0.2, 0.25) is 0 Å². The monoisotopic (exact) mass is 778 g/mol. The first-order chi connectivity index (χ1) is 29.9. The number of hydrogen-bond donors (Lipinski definition) is 0. The second kappa shape index (κ2) is 13.3. The second-order valence-corrected chi connectivity index (χ2v) is 17.4. The topological polar surface area (TPSA) is 25.8 Å². The second-order valence-electron chi connectivity index (χ2n) is 17.4. The molecule has 0 amide bonds. The van der Waals surface area contributed by atoms with E-state index in [2.05, 4.69) is 215 Å². The summed E-state index contributed by atoms with van der Waals surface area (Å²) in [5.74, 6) is 0.712. The van der Waals surface area contributed by atoms with Crippen LogP contribution in [0.5, 0.6) is 0 Å². The summed E-state index contributed by atoms with van der Waals surface area (Å²) in [7, 11) is 0. The van der Waals surface area contributed by atoms with Gasteiger partial charge < -0.3 is 0 Å². The van der Waals surface area contributed by atoms with Gasteiger partial charge in [0.1, 0.15) is 0 Å². The van der Waals surface area contributed by atoms with Gasteiger partial charge in [0.15, 0.2) is 5.82 Å². The molecule has 1 unspecified atom stereocenters. The molecule has 0 spiro atoms. The zero-order valence-electron chi connectivity index (χ0n) is 34.4. The van der Waals surface area contributed by atoms with Crippen molar-refractivity contribution in [3.8, 4) is 67.3 Å². The third kappa shape index (κ3) is 5.28. The lowest BCUT2D eigenvalue weighted by Gasteiger charge is -2.28. The lowest BCUT2D eigenvalue weighted by molar-refractivity contribution is 0.663. The Morgan fingerprint density at radius 3 is 1.70 bits per heavy atom. The summed E-state index contributed by atoms with van der Waals surface area (Å²) in [6.07, 6.45) is 0. The Labute approximate surface area is 356 Å². The lowest BCUT2D eigenvalue weighted by Crippen LogP contribution is -2.22. The molecular weight excluding hydrogens is 737 g/mol. The first-order valence-electron chi connectivity index (χ1n) is 21.3. The van der Waals surface area contributed by atoms with Gasteiger partial charge in [-0.1, -0.05) is 190 Å². The van der Waals surface area contributed by atoms with E-state index in [1.54, 1.807) is 0 Å². The smallest absolute Gasteiger partial charge is 0.160 e. The van der Waals surface area contributed by atoms with Gasteiger partial charge in [-0.25, -0.2) is 9.97 Å². The molecule has 10 aromatic rings. The van der Waals surface area contributed by atoms with Crippen LogP contribution in [0.3, 0.4) is 0 Å². The minimum absolute atomic E-state index is 0.176. The number of benzene rings is 9. The van der Waals surface area contributed by atoms with Crippen molar-refractivity contribution in [1.82, 2.24) is 9.97 Å². The van der Waals surface area contributed by atoms with Crippen LogP contribution in [0.25, 0.3) is 88.8 Å². The van der Waals surface area contributed by atoms with E-state index >= 15 is 0 Å². The van der Waals surface area contributed by atoms with E-state index in [1.807, 2.05) is 6.07 Å². The maximum atomic E-state index is 5.36. The molecule has 61 heavy (non-hydrogen) atoms. The Bertz CT molecular complexity index is 3400. The highest BCUT2D eigenvalue weighted by Gasteiger charge is 2.41. The van der Waals surface area contributed by atoms with Gasteiger partial charge in [-0.05, 0) is 114 Å². The largest absolute Gasteiger partial charge is 0.228 e. The molecule has 2 nitrogen and oxygen atoms in total. The van der Waals surface area contributed by atoms with Crippen molar-refractivity contribution in [3.63, 3.8) is 0 Å².